The van der Waals surface area contributed by atoms with Gasteiger partial charge in [-0.1, -0.05) is 19.0 Å². The third-order valence-corrected chi connectivity index (χ3v) is 4.23. The zero-order chi connectivity index (χ0) is 15.0. The Morgan fingerprint density at radius 2 is 2.15 bits per heavy atom. The van der Waals surface area contributed by atoms with Gasteiger partial charge in [0, 0.05) is 18.0 Å². The number of esters is 1. The Labute approximate surface area is 120 Å². The minimum atomic E-state index is -0.591. The molecule has 0 atom stereocenters. The van der Waals surface area contributed by atoms with Crippen molar-refractivity contribution in [1.29, 1.82) is 0 Å². The summed E-state index contributed by atoms with van der Waals surface area (Å²) in [5.74, 6) is 1.16. The molecule has 0 unspecified atom stereocenters. The second-order valence-electron chi connectivity index (χ2n) is 5.77. The van der Waals surface area contributed by atoms with E-state index in [-0.39, 0.29) is 5.97 Å². The standard InChI is InChI=1S/C14H26N4O2/c1-4-20-13(19)14(16-9-10-17-18-15)7-5-12(6-8-14)11(2)3/h11-12,16H,4-10H2,1-3H3. The van der Waals surface area contributed by atoms with Gasteiger partial charge in [0.2, 0.25) is 0 Å². The van der Waals surface area contributed by atoms with Crippen LogP contribution in [0.5, 0.6) is 0 Å². The fraction of sp³-hybridized carbons (Fsp3) is 0.929. The normalized spacial score (nSPS) is 26.1. The zero-order valence-corrected chi connectivity index (χ0v) is 12.8. The smallest absolute Gasteiger partial charge is 0.326 e. The summed E-state index contributed by atoms with van der Waals surface area (Å²) in [5, 5.41) is 6.78. The van der Waals surface area contributed by atoms with Crippen LogP contribution in [0.15, 0.2) is 5.11 Å². The number of ether oxygens (including phenoxy) is 1. The molecule has 1 N–H and O–H groups in total. The summed E-state index contributed by atoms with van der Waals surface area (Å²) in [6.45, 7) is 7.55. The lowest BCUT2D eigenvalue weighted by molar-refractivity contribution is -0.153. The molecule has 0 aromatic rings. The van der Waals surface area contributed by atoms with Gasteiger partial charge in [-0.25, -0.2) is 0 Å². The molecule has 0 bridgehead atoms. The Morgan fingerprint density at radius 1 is 1.50 bits per heavy atom. The van der Waals surface area contributed by atoms with Crippen molar-refractivity contribution in [2.75, 3.05) is 19.7 Å². The molecule has 0 heterocycles. The monoisotopic (exact) mass is 282 g/mol. The summed E-state index contributed by atoms with van der Waals surface area (Å²) >= 11 is 0. The van der Waals surface area contributed by atoms with E-state index in [1.807, 2.05) is 6.92 Å². The van der Waals surface area contributed by atoms with Crippen LogP contribution in [0.3, 0.4) is 0 Å². The largest absolute Gasteiger partial charge is 0.465 e. The van der Waals surface area contributed by atoms with Gasteiger partial charge in [0.15, 0.2) is 0 Å². The molecule has 0 amide bonds. The highest BCUT2D eigenvalue weighted by atomic mass is 16.5. The topological polar surface area (TPSA) is 87.1 Å². The van der Waals surface area contributed by atoms with Crippen LogP contribution < -0.4 is 5.32 Å². The van der Waals surface area contributed by atoms with Crippen molar-refractivity contribution in [3.05, 3.63) is 10.4 Å². The van der Waals surface area contributed by atoms with Gasteiger partial charge in [-0.05, 0) is 50.0 Å². The number of hydrogen-bond acceptors (Lipinski definition) is 4. The van der Waals surface area contributed by atoms with Crippen molar-refractivity contribution < 1.29 is 9.53 Å². The van der Waals surface area contributed by atoms with E-state index < -0.39 is 5.54 Å². The van der Waals surface area contributed by atoms with E-state index in [0.717, 1.165) is 25.7 Å². The maximum atomic E-state index is 12.3. The van der Waals surface area contributed by atoms with Crippen LogP contribution in [0.4, 0.5) is 0 Å². The number of nitrogens with one attached hydrogen (secondary N) is 1. The minimum absolute atomic E-state index is 0.164. The maximum Gasteiger partial charge on any atom is 0.326 e. The van der Waals surface area contributed by atoms with Gasteiger partial charge < -0.3 is 10.1 Å². The van der Waals surface area contributed by atoms with Crippen LogP contribution in [-0.4, -0.2) is 31.2 Å². The Kier molecular flexibility index (Phi) is 6.82. The Morgan fingerprint density at radius 3 is 2.65 bits per heavy atom. The van der Waals surface area contributed by atoms with Crippen LogP contribution in [0.1, 0.15) is 46.5 Å². The van der Waals surface area contributed by atoms with Gasteiger partial charge in [0.1, 0.15) is 5.54 Å². The van der Waals surface area contributed by atoms with Crippen molar-refractivity contribution in [3.8, 4) is 0 Å². The molecule has 0 aliphatic heterocycles. The summed E-state index contributed by atoms with van der Waals surface area (Å²) in [5.41, 5.74) is 7.70. The zero-order valence-electron chi connectivity index (χ0n) is 12.8. The van der Waals surface area contributed by atoms with E-state index in [0.29, 0.717) is 31.5 Å². The van der Waals surface area contributed by atoms with Crippen molar-refractivity contribution in [2.24, 2.45) is 17.0 Å². The number of carbonyl (C=O) groups is 1. The number of azide groups is 1. The Balaban J connectivity index is 2.66. The fourth-order valence-corrected chi connectivity index (χ4v) is 2.91. The molecule has 1 rings (SSSR count). The third kappa shape index (κ3) is 4.39. The van der Waals surface area contributed by atoms with Crippen LogP contribution in [0.2, 0.25) is 0 Å². The Hall–Kier alpha value is -1.26. The van der Waals surface area contributed by atoms with Crippen LogP contribution in [0.25, 0.3) is 10.4 Å². The van der Waals surface area contributed by atoms with E-state index in [1.54, 1.807) is 0 Å². The quantitative estimate of drug-likeness (QED) is 0.256. The first-order valence-corrected chi connectivity index (χ1v) is 7.49. The molecular formula is C14H26N4O2. The van der Waals surface area contributed by atoms with Crippen molar-refractivity contribution in [1.82, 2.24) is 5.32 Å². The maximum absolute atomic E-state index is 12.3. The van der Waals surface area contributed by atoms with Crippen molar-refractivity contribution in [3.63, 3.8) is 0 Å². The van der Waals surface area contributed by atoms with Gasteiger partial charge in [-0.2, -0.15) is 0 Å². The molecular weight excluding hydrogens is 256 g/mol. The van der Waals surface area contributed by atoms with Gasteiger partial charge in [0.25, 0.3) is 0 Å². The second kappa shape index (κ2) is 8.12. The number of rotatable bonds is 7. The van der Waals surface area contributed by atoms with Crippen molar-refractivity contribution >= 4 is 5.97 Å². The molecule has 0 saturated heterocycles. The molecule has 0 radical (unpaired) electrons. The molecule has 1 saturated carbocycles. The summed E-state index contributed by atoms with van der Waals surface area (Å²) in [6, 6.07) is 0. The molecule has 1 aliphatic rings. The van der Waals surface area contributed by atoms with Crippen LogP contribution in [-0.2, 0) is 9.53 Å². The summed E-state index contributed by atoms with van der Waals surface area (Å²) < 4.78 is 5.23. The molecule has 0 spiro atoms. The van der Waals surface area contributed by atoms with Crippen LogP contribution in [0, 0.1) is 11.8 Å². The van der Waals surface area contributed by atoms with E-state index in [1.165, 1.54) is 0 Å². The lowest BCUT2D eigenvalue weighted by Crippen LogP contribution is -2.56. The fourth-order valence-electron chi connectivity index (χ4n) is 2.91. The van der Waals surface area contributed by atoms with E-state index in [2.05, 4.69) is 29.2 Å². The molecule has 1 aliphatic carbocycles. The van der Waals surface area contributed by atoms with E-state index >= 15 is 0 Å². The first kappa shape index (κ1) is 16.8. The molecule has 0 aromatic carbocycles. The number of carbonyl (C=O) groups excluding carboxylic acids is 1. The summed E-state index contributed by atoms with van der Waals surface area (Å²) in [6.07, 6.45) is 3.66. The number of hydrogen-bond donors (Lipinski definition) is 1. The lowest BCUT2D eigenvalue weighted by Gasteiger charge is -2.40. The van der Waals surface area contributed by atoms with E-state index in [9.17, 15) is 4.79 Å². The molecule has 6 nitrogen and oxygen atoms in total. The highest BCUT2D eigenvalue weighted by Crippen LogP contribution is 2.36. The first-order chi connectivity index (χ1) is 9.55. The number of nitrogens with zero attached hydrogens (tertiary/aromatic N) is 3. The highest BCUT2D eigenvalue weighted by molar-refractivity contribution is 5.81. The second-order valence-corrected chi connectivity index (χ2v) is 5.77. The van der Waals surface area contributed by atoms with E-state index in [4.69, 9.17) is 10.3 Å². The van der Waals surface area contributed by atoms with Crippen molar-refractivity contribution in [2.45, 2.75) is 52.0 Å². The summed E-state index contributed by atoms with van der Waals surface area (Å²) in [7, 11) is 0. The predicted molar refractivity (Wildman–Crippen MR) is 78.2 cm³/mol. The summed E-state index contributed by atoms with van der Waals surface area (Å²) in [4.78, 5) is 15.0. The minimum Gasteiger partial charge on any atom is -0.465 e. The van der Waals surface area contributed by atoms with Gasteiger partial charge in [-0.15, -0.1) is 0 Å². The van der Waals surface area contributed by atoms with Gasteiger partial charge in [0.05, 0.1) is 6.61 Å². The Bertz CT molecular complexity index is 356. The SMILES string of the molecule is CCOC(=O)C1(NCCN=[N+]=[N-])CCC(C(C)C)CC1. The average Bonchev–Trinajstić information content (AvgIpc) is 2.44. The molecule has 0 aromatic heterocycles. The molecule has 6 heteroatoms. The third-order valence-electron chi connectivity index (χ3n) is 4.23. The van der Waals surface area contributed by atoms with Gasteiger partial charge in [-0.3, -0.25) is 4.79 Å². The van der Waals surface area contributed by atoms with Crippen LogP contribution >= 0.6 is 0 Å². The van der Waals surface area contributed by atoms with Gasteiger partial charge >= 0.3 is 5.97 Å². The molecule has 1 fully saturated rings. The first-order valence-electron chi connectivity index (χ1n) is 7.49. The molecule has 20 heavy (non-hydrogen) atoms. The predicted octanol–water partition coefficient (Wildman–Crippen LogP) is 3.03. The molecule has 114 valence electrons. The average molecular weight is 282 g/mol. The lowest BCUT2D eigenvalue weighted by atomic mass is 9.72. The highest BCUT2D eigenvalue weighted by Gasteiger charge is 2.42.